The first-order valence-electron chi connectivity index (χ1n) is 10.4. The molecule has 1 amide bonds. The highest BCUT2D eigenvalue weighted by atomic mass is 35.5. The minimum Gasteiger partial charge on any atom is -0.494 e. The third-order valence-electron chi connectivity index (χ3n) is 5.08. The lowest BCUT2D eigenvalue weighted by atomic mass is 10.0. The Morgan fingerprint density at radius 1 is 1.06 bits per heavy atom. The van der Waals surface area contributed by atoms with Crippen LogP contribution in [-0.4, -0.2) is 17.5 Å². The predicted molar refractivity (Wildman–Crippen MR) is 126 cm³/mol. The summed E-state index contributed by atoms with van der Waals surface area (Å²) in [5.74, 6) is 1.60. The van der Waals surface area contributed by atoms with E-state index in [9.17, 15) is 4.79 Å². The van der Waals surface area contributed by atoms with Crippen molar-refractivity contribution in [2.45, 2.75) is 19.9 Å². The molecule has 1 heterocycles. The molecule has 0 saturated heterocycles. The van der Waals surface area contributed by atoms with Gasteiger partial charge in [0.05, 0.1) is 24.4 Å². The van der Waals surface area contributed by atoms with Crippen LogP contribution >= 0.6 is 11.6 Å². The van der Waals surface area contributed by atoms with Crippen LogP contribution in [0.2, 0.25) is 5.02 Å². The number of carbonyl (C=O) groups excluding carboxylic acids is 1. The van der Waals surface area contributed by atoms with Crippen molar-refractivity contribution in [2.24, 2.45) is 0 Å². The monoisotopic (exact) mass is 446 g/mol. The average Bonchev–Trinajstić information content (AvgIpc) is 3.30. The van der Waals surface area contributed by atoms with Gasteiger partial charge in [0, 0.05) is 16.1 Å². The molecule has 0 aliphatic carbocycles. The van der Waals surface area contributed by atoms with Crippen LogP contribution in [0.3, 0.4) is 0 Å². The van der Waals surface area contributed by atoms with E-state index in [4.69, 9.17) is 20.8 Å². The number of oxazole rings is 1. The Morgan fingerprint density at radius 3 is 2.50 bits per heavy atom. The summed E-state index contributed by atoms with van der Waals surface area (Å²) in [5.41, 5.74) is 2.97. The Labute approximate surface area is 192 Å². The fourth-order valence-electron chi connectivity index (χ4n) is 3.39. The first kappa shape index (κ1) is 21.7. The molecule has 4 rings (SSSR count). The largest absolute Gasteiger partial charge is 0.494 e. The molecule has 0 spiro atoms. The molecule has 0 radical (unpaired) electrons. The number of halogens is 1. The standard InChI is InChI=1S/C26H23ClN2O3/c1-3-31-21-14-10-19(11-15-21)24-16-28-26(32-24)23-7-5-4-6-22(23)25(30)29-17(2)18-8-12-20(27)13-9-18/h4-17H,3H2,1-2H3,(H,29,30). The number of aromatic nitrogens is 1. The van der Waals surface area contributed by atoms with Crippen molar-refractivity contribution in [3.63, 3.8) is 0 Å². The first-order valence-corrected chi connectivity index (χ1v) is 10.8. The summed E-state index contributed by atoms with van der Waals surface area (Å²) in [4.78, 5) is 17.5. The van der Waals surface area contributed by atoms with E-state index in [2.05, 4.69) is 10.3 Å². The van der Waals surface area contributed by atoms with E-state index in [0.29, 0.717) is 34.4 Å². The zero-order chi connectivity index (χ0) is 22.5. The highest BCUT2D eigenvalue weighted by molar-refractivity contribution is 6.30. The zero-order valence-corrected chi connectivity index (χ0v) is 18.6. The molecule has 1 aromatic heterocycles. The smallest absolute Gasteiger partial charge is 0.252 e. The minimum absolute atomic E-state index is 0.184. The van der Waals surface area contributed by atoms with Crippen LogP contribution in [0.1, 0.15) is 35.8 Å². The molecule has 1 unspecified atom stereocenters. The topological polar surface area (TPSA) is 64.4 Å². The summed E-state index contributed by atoms with van der Waals surface area (Å²) in [6, 6.07) is 22.1. The Kier molecular flexibility index (Phi) is 6.57. The van der Waals surface area contributed by atoms with Crippen molar-refractivity contribution in [2.75, 3.05) is 6.61 Å². The molecule has 0 saturated carbocycles. The fraction of sp³-hybridized carbons (Fsp3) is 0.154. The van der Waals surface area contributed by atoms with E-state index in [1.807, 2.05) is 80.6 Å². The Balaban J connectivity index is 1.56. The van der Waals surface area contributed by atoms with Crippen LogP contribution in [0.25, 0.3) is 22.8 Å². The van der Waals surface area contributed by atoms with Crippen molar-refractivity contribution in [3.8, 4) is 28.5 Å². The number of amides is 1. The highest BCUT2D eigenvalue weighted by Gasteiger charge is 2.19. The van der Waals surface area contributed by atoms with E-state index < -0.39 is 0 Å². The van der Waals surface area contributed by atoms with E-state index in [1.165, 1.54) is 0 Å². The highest BCUT2D eigenvalue weighted by Crippen LogP contribution is 2.29. The molecule has 32 heavy (non-hydrogen) atoms. The molecule has 0 aliphatic heterocycles. The van der Waals surface area contributed by atoms with Crippen molar-refractivity contribution in [1.29, 1.82) is 0 Å². The van der Waals surface area contributed by atoms with Gasteiger partial charge in [0.1, 0.15) is 5.75 Å². The normalized spacial score (nSPS) is 11.7. The summed E-state index contributed by atoms with van der Waals surface area (Å²) in [7, 11) is 0. The molecule has 0 fully saturated rings. The lowest BCUT2D eigenvalue weighted by Crippen LogP contribution is -2.27. The fourth-order valence-corrected chi connectivity index (χ4v) is 3.52. The number of carbonyl (C=O) groups is 1. The van der Waals surface area contributed by atoms with Crippen molar-refractivity contribution >= 4 is 17.5 Å². The molecule has 0 aliphatic rings. The molecular formula is C26H23ClN2O3. The molecule has 1 atom stereocenters. The van der Waals surface area contributed by atoms with Gasteiger partial charge >= 0.3 is 0 Å². The Morgan fingerprint density at radius 2 is 1.78 bits per heavy atom. The minimum atomic E-state index is -0.205. The van der Waals surface area contributed by atoms with E-state index in [-0.39, 0.29) is 11.9 Å². The number of benzene rings is 3. The second kappa shape index (κ2) is 9.71. The number of rotatable bonds is 7. The SMILES string of the molecule is CCOc1ccc(-c2cnc(-c3ccccc3C(=O)NC(C)c3ccc(Cl)cc3)o2)cc1. The van der Waals surface area contributed by atoms with Gasteiger partial charge in [0.2, 0.25) is 5.89 Å². The van der Waals surface area contributed by atoms with Crippen molar-refractivity contribution in [1.82, 2.24) is 10.3 Å². The van der Waals surface area contributed by atoms with E-state index in [0.717, 1.165) is 16.9 Å². The van der Waals surface area contributed by atoms with Crippen LogP contribution in [-0.2, 0) is 0 Å². The second-order valence-electron chi connectivity index (χ2n) is 7.28. The molecule has 6 heteroatoms. The number of nitrogens with one attached hydrogen (secondary N) is 1. The maximum atomic E-state index is 13.0. The first-order chi connectivity index (χ1) is 15.5. The van der Waals surface area contributed by atoms with Gasteiger partial charge in [-0.25, -0.2) is 4.98 Å². The lowest BCUT2D eigenvalue weighted by Gasteiger charge is -2.15. The third kappa shape index (κ3) is 4.84. The summed E-state index contributed by atoms with van der Waals surface area (Å²) < 4.78 is 11.5. The van der Waals surface area contributed by atoms with Gasteiger partial charge < -0.3 is 14.5 Å². The maximum Gasteiger partial charge on any atom is 0.252 e. The van der Waals surface area contributed by atoms with Crippen LogP contribution in [0.5, 0.6) is 5.75 Å². The van der Waals surface area contributed by atoms with Crippen LogP contribution in [0, 0.1) is 0 Å². The van der Waals surface area contributed by atoms with Crippen LogP contribution < -0.4 is 10.1 Å². The Hall–Kier alpha value is -3.57. The maximum absolute atomic E-state index is 13.0. The van der Waals surface area contributed by atoms with Crippen molar-refractivity contribution < 1.29 is 13.9 Å². The summed E-state index contributed by atoms with van der Waals surface area (Å²) in [6.07, 6.45) is 1.66. The number of hydrogen-bond donors (Lipinski definition) is 1. The molecule has 1 N–H and O–H groups in total. The Bertz CT molecular complexity index is 1200. The second-order valence-corrected chi connectivity index (χ2v) is 7.72. The van der Waals surface area contributed by atoms with Gasteiger partial charge in [-0.1, -0.05) is 35.9 Å². The van der Waals surface area contributed by atoms with Gasteiger partial charge in [0.15, 0.2) is 5.76 Å². The van der Waals surface area contributed by atoms with E-state index in [1.54, 1.807) is 12.3 Å². The zero-order valence-electron chi connectivity index (χ0n) is 17.8. The van der Waals surface area contributed by atoms with Gasteiger partial charge in [-0.2, -0.15) is 0 Å². The quantitative estimate of drug-likeness (QED) is 0.349. The van der Waals surface area contributed by atoms with Gasteiger partial charge in [-0.15, -0.1) is 0 Å². The molecule has 4 aromatic rings. The van der Waals surface area contributed by atoms with Crippen molar-refractivity contribution in [3.05, 3.63) is 95.1 Å². The predicted octanol–water partition coefficient (Wildman–Crippen LogP) is 6.55. The van der Waals surface area contributed by atoms with Gasteiger partial charge in [-0.05, 0) is 67.9 Å². The van der Waals surface area contributed by atoms with Crippen LogP contribution in [0.4, 0.5) is 0 Å². The summed E-state index contributed by atoms with van der Waals surface area (Å²) in [5, 5.41) is 3.69. The molecule has 0 bridgehead atoms. The average molecular weight is 447 g/mol. The van der Waals surface area contributed by atoms with Gasteiger partial charge in [-0.3, -0.25) is 4.79 Å². The molecule has 5 nitrogen and oxygen atoms in total. The van der Waals surface area contributed by atoms with Crippen LogP contribution in [0.15, 0.2) is 83.4 Å². The molecule has 3 aromatic carbocycles. The summed E-state index contributed by atoms with van der Waals surface area (Å²) >= 11 is 5.96. The molecular weight excluding hydrogens is 424 g/mol. The van der Waals surface area contributed by atoms with E-state index >= 15 is 0 Å². The third-order valence-corrected chi connectivity index (χ3v) is 5.33. The summed E-state index contributed by atoms with van der Waals surface area (Å²) in [6.45, 7) is 4.49. The number of hydrogen-bond acceptors (Lipinski definition) is 4. The molecule has 162 valence electrons. The number of nitrogens with zero attached hydrogens (tertiary/aromatic N) is 1. The lowest BCUT2D eigenvalue weighted by molar-refractivity contribution is 0.0940. The van der Waals surface area contributed by atoms with Gasteiger partial charge in [0.25, 0.3) is 5.91 Å². The number of ether oxygens (including phenoxy) is 1.